The van der Waals surface area contributed by atoms with Crippen LogP contribution in [0.5, 0.6) is 5.75 Å². The highest BCUT2D eigenvalue weighted by molar-refractivity contribution is 7.99. The van der Waals surface area contributed by atoms with E-state index in [1.165, 1.54) is 24.0 Å². The number of ether oxygens (including phenoxy) is 1. The summed E-state index contributed by atoms with van der Waals surface area (Å²) in [5.74, 6) is 1.89. The highest BCUT2D eigenvalue weighted by Gasteiger charge is 2.26. The molecule has 0 radical (unpaired) electrons. The van der Waals surface area contributed by atoms with Gasteiger partial charge in [-0.1, -0.05) is 16.9 Å². The zero-order valence-corrected chi connectivity index (χ0v) is 15.9. The Morgan fingerprint density at radius 3 is 2.96 bits per heavy atom. The van der Waals surface area contributed by atoms with Gasteiger partial charge in [-0.3, -0.25) is 14.2 Å². The van der Waals surface area contributed by atoms with E-state index in [0.717, 1.165) is 11.3 Å². The van der Waals surface area contributed by atoms with Crippen LogP contribution in [0.2, 0.25) is 0 Å². The van der Waals surface area contributed by atoms with E-state index in [9.17, 15) is 9.59 Å². The number of amides is 1. The second kappa shape index (κ2) is 7.89. The molecule has 0 aliphatic carbocycles. The van der Waals surface area contributed by atoms with Crippen LogP contribution >= 0.6 is 11.8 Å². The van der Waals surface area contributed by atoms with Crippen LogP contribution in [-0.4, -0.2) is 33.5 Å². The number of aromatic nitrogens is 3. The zero-order valence-electron chi connectivity index (χ0n) is 15.1. The number of carbonyl (C=O) groups is 1. The fourth-order valence-corrected chi connectivity index (χ4v) is 4.12. The molecule has 4 rings (SSSR count). The molecule has 0 spiro atoms. The molecule has 0 saturated carbocycles. The van der Waals surface area contributed by atoms with E-state index >= 15 is 0 Å². The maximum atomic E-state index is 12.3. The first-order valence-electron chi connectivity index (χ1n) is 8.71. The molecule has 8 nitrogen and oxygen atoms in total. The van der Waals surface area contributed by atoms with Crippen LogP contribution in [0.3, 0.4) is 0 Å². The molecule has 144 valence electrons. The Hall–Kier alpha value is -3.07. The fraction of sp³-hybridized carbons (Fsp3) is 0.263. The van der Waals surface area contributed by atoms with Gasteiger partial charge in [0.25, 0.3) is 5.56 Å². The van der Waals surface area contributed by atoms with Gasteiger partial charge in [0.1, 0.15) is 11.4 Å². The van der Waals surface area contributed by atoms with Crippen LogP contribution in [0.15, 0.2) is 57.1 Å². The quantitative estimate of drug-likeness (QED) is 0.636. The lowest BCUT2D eigenvalue weighted by Crippen LogP contribution is -2.30. The molecule has 3 heterocycles. The van der Waals surface area contributed by atoms with E-state index < -0.39 is 0 Å². The molecule has 3 aromatic rings. The number of hydrogen-bond acceptors (Lipinski definition) is 7. The van der Waals surface area contributed by atoms with Gasteiger partial charge in [-0.05, 0) is 24.3 Å². The molecule has 1 aliphatic rings. The molecule has 1 N–H and O–H groups in total. The van der Waals surface area contributed by atoms with Gasteiger partial charge >= 0.3 is 0 Å². The first kappa shape index (κ1) is 18.3. The van der Waals surface area contributed by atoms with Gasteiger partial charge in [-0.2, -0.15) is 0 Å². The second-order valence-electron chi connectivity index (χ2n) is 6.29. The van der Waals surface area contributed by atoms with Gasteiger partial charge in [0.15, 0.2) is 10.9 Å². The zero-order chi connectivity index (χ0) is 19.5. The molecule has 1 amide bonds. The minimum Gasteiger partial charge on any atom is -0.497 e. The molecule has 1 aliphatic heterocycles. The van der Waals surface area contributed by atoms with Crippen LogP contribution in [0.1, 0.15) is 18.2 Å². The Kier molecular flexibility index (Phi) is 5.16. The maximum Gasteiger partial charge on any atom is 0.254 e. The van der Waals surface area contributed by atoms with E-state index in [0.29, 0.717) is 22.4 Å². The van der Waals surface area contributed by atoms with Crippen LogP contribution in [0, 0.1) is 0 Å². The first-order chi connectivity index (χ1) is 13.6. The minimum atomic E-state index is -0.187. The van der Waals surface area contributed by atoms with Crippen molar-refractivity contribution in [1.82, 2.24) is 20.0 Å². The SMILES string of the molecule is COc1ccc(-c2cc(CNC(=O)CC3CSc4nccc(=O)n43)no2)cc1. The molecule has 9 heteroatoms. The standard InChI is InChI=1S/C19H18N4O4S/c1-26-15-4-2-12(3-5-15)16-8-13(22-27-16)10-21-17(24)9-14-11-28-19-20-7-6-18(25)23(14)19/h2-8,14H,9-11H2,1H3,(H,21,24). The topological polar surface area (TPSA) is 99.2 Å². The predicted molar refractivity (Wildman–Crippen MR) is 103 cm³/mol. The summed E-state index contributed by atoms with van der Waals surface area (Å²) >= 11 is 1.49. The first-order valence-corrected chi connectivity index (χ1v) is 9.69. The van der Waals surface area contributed by atoms with Crippen molar-refractivity contribution in [2.24, 2.45) is 0 Å². The summed E-state index contributed by atoms with van der Waals surface area (Å²) in [6.07, 6.45) is 1.71. The number of nitrogens with zero attached hydrogens (tertiary/aromatic N) is 3. The van der Waals surface area contributed by atoms with Crippen molar-refractivity contribution in [2.75, 3.05) is 12.9 Å². The third-order valence-electron chi connectivity index (χ3n) is 4.44. The Morgan fingerprint density at radius 2 is 2.18 bits per heavy atom. The number of benzene rings is 1. The van der Waals surface area contributed by atoms with Crippen LogP contribution < -0.4 is 15.6 Å². The number of hydrogen-bond donors (Lipinski definition) is 1. The van der Waals surface area contributed by atoms with Gasteiger partial charge < -0.3 is 14.6 Å². The summed E-state index contributed by atoms with van der Waals surface area (Å²) in [5, 5.41) is 7.49. The van der Waals surface area contributed by atoms with Crippen molar-refractivity contribution in [3.8, 4) is 17.1 Å². The van der Waals surface area contributed by atoms with E-state index in [-0.39, 0.29) is 30.5 Å². The third-order valence-corrected chi connectivity index (χ3v) is 5.55. The van der Waals surface area contributed by atoms with Crippen molar-refractivity contribution in [2.45, 2.75) is 24.2 Å². The second-order valence-corrected chi connectivity index (χ2v) is 7.28. The van der Waals surface area contributed by atoms with Gasteiger partial charge in [-0.25, -0.2) is 4.98 Å². The molecular weight excluding hydrogens is 380 g/mol. The molecule has 1 unspecified atom stereocenters. The fourth-order valence-electron chi connectivity index (χ4n) is 3.00. The molecule has 0 saturated heterocycles. The number of thioether (sulfide) groups is 1. The molecular formula is C19H18N4O4S. The summed E-state index contributed by atoms with van der Waals surface area (Å²) < 4.78 is 12.1. The molecule has 1 atom stereocenters. The average Bonchev–Trinajstić information content (AvgIpc) is 3.35. The average molecular weight is 398 g/mol. The Labute approximate surface area is 164 Å². The Morgan fingerprint density at radius 1 is 1.36 bits per heavy atom. The lowest BCUT2D eigenvalue weighted by Gasteiger charge is -2.12. The molecule has 0 fully saturated rings. The monoisotopic (exact) mass is 398 g/mol. The number of nitrogens with one attached hydrogen (secondary N) is 1. The molecule has 1 aromatic carbocycles. The van der Waals surface area contributed by atoms with E-state index in [1.807, 2.05) is 24.3 Å². The number of fused-ring (bicyclic) bond motifs is 1. The summed E-state index contributed by atoms with van der Waals surface area (Å²) in [5.41, 5.74) is 1.37. The van der Waals surface area contributed by atoms with Crippen LogP contribution in [-0.2, 0) is 11.3 Å². The van der Waals surface area contributed by atoms with Crippen molar-refractivity contribution in [1.29, 1.82) is 0 Å². The van der Waals surface area contributed by atoms with Crippen molar-refractivity contribution in [3.05, 3.63) is 58.6 Å². The summed E-state index contributed by atoms with van der Waals surface area (Å²) in [6.45, 7) is 0.257. The Balaban J connectivity index is 1.35. The lowest BCUT2D eigenvalue weighted by molar-refractivity contribution is -0.121. The summed E-state index contributed by atoms with van der Waals surface area (Å²) in [6, 6.07) is 10.5. The van der Waals surface area contributed by atoms with Gasteiger partial charge in [0, 0.05) is 36.1 Å². The summed E-state index contributed by atoms with van der Waals surface area (Å²) in [4.78, 5) is 28.5. The minimum absolute atomic E-state index is 0.131. The van der Waals surface area contributed by atoms with E-state index in [4.69, 9.17) is 9.26 Å². The smallest absolute Gasteiger partial charge is 0.254 e. The number of rotatable bonds is 6. The molecule has 28 heavy (non-hydrogen) atoms. The number of carbonyl (C=O) groups excluding carboxylic acids is 1. The Bertz CT molecular complexity index is 1040. The summed E-state index contributed by atoms with van der Waals surface area (Å²) in [7, 11) is 1.61. The van der Waals surface area contributed by atoms with E-state index in [2.05, 4.69) is 15.5 Å². The molecule has 2 aromatic heterocycles. The maximum absolute atomic E-state index is 12.3. The third kappa shape index (κ3) is 3.79. The predicted octanol–water partition coefficient (Wildman–Crippen LogP) is 2.26. The normalized spacial score (nSPS) is 15.2. The van der Waals surface area contributed by atoms with Crippen molar-refractivity contribution >= 4 is 17.7 Å². The number of methoxy groups -OCH3 is 1. The highest BCUT2D eigenvalue weighted by Crippen LogP contribution is 2.31. The molecule has 0 bridgehead atoms. The van der Waals surface area contributed by atoms with Crippen molar-refractivity contribution < 1.29 is 14.1 Å². The van der Waals surface area contributed by atoms with Crippen LogP contribution in [0.25, 0.3) is 11.3 Å². The lowest BCUT2D eigenvalue weighted by atomic mass is 10.1. The van der Waals surface area contributed by atoms with Crippen molar-refractivity contribution in [3.63, 3.8) is 0 Å². The van der Waals surface area contributed by atoms with Gasteiger partial charge in [0.2, 0.25) is 5.91 Å². The van der Waals surface area contributed by atoms with Crippen LogP contribution in [0.4, 0.5) is 0 Å². The highest BCUT2D eigenvalue weighted by atomic mass is 32.2. The van der Waals surface area contributed by atoms with Gasteiger partial charge in [-0.15, -0.1) is 0 Å². The van der Waals surface area contributed by atoms with E-state index in [1.54, 1.807) is 17.7 Å². The largest absolute Gasteiger partial charge is 0.497 e. The van der Waals surface area contributed by atoms with Gasteiger partial charge in [0.05, 0.1) is 19.7 Å².